The Balaban J connectivity index is 2.47. The summed E-state index contributed by atoms with van der Waals surface area (Å²) < 4.78 is 0. The standard InChI is InChI=1S/C13H18O5/c14-7-9-10(15)6-11(16)12(17)13(9,18)8-4-2-1-3-5-8/h1-5,9-12,14-18H,6-7H2. The second kappa shape index (κ2) is 4.95. The molecule has 0 bridgehead atoms. The number of rotatable bonds is 2. The van der Waals surface area contributed by atoms with Crippen LogP contribution in [0.25, 0.3) is 0 Å². The quantitative estimate of drug-likeness (QED) is 0.464. The van der Waals surface area contributed by atoms with Crippen molar-refractivity contribution in [3.63, 3.8) is 0 Å². The van der Waals surface area contributed by atoms with Crippen LogP contribution in [0, 0.1) is 5.92 Å². The van der Waals surface area contributed by atoms with Gasteiger partial charge in [-0.2, -0.15) is 0 Å². The third-order valence-corrected chi connectivity index (χ3v) is 3.76. The van der Waals surface area contributed by atoms with E-state index >= 15 is 0 Å². The molecule has 1 aromatic carbocycles. The molecule has 0 spiro atoms. The lowest BCUT2D eigenvalue weighted by molar-refractivity contribution is -0.224. The minimum absolute atomic E-state index is 0.0679. The zero-order valence-electron chi connectivity index (χ0n) is 9.85. The van der Waals surface area contributed by atoms with Crippen molar-refractivity contribution >= 4 is 0 Å². The zero-order valence-corrected chi connectivity index (χ0v) is 9.85. The van der Waals surface area contributed by atoms with Gasteiger partial charge in [-0.3, -0.25) is 0 Å². The van der Waals surface area contributed by atoms with Gasteiger partial charge in [-0.05, 0) is 5.56 Å². The van der Waals surface area contributed by atoms with Crippen molar-refractivity contribution in [2.45, 2.75) is 30.3 Å². The number of aliphatic hydroxyl groups is 5. The summed E-state index contributed by atoms with van der Waals surface area (Å²) in [6.45, 7) is -0.476. The Morgan fingerprint density at radius 3 is 2.22 bits per heavy atom. The van der Waals surface area contributed by atoms with Gasteiger partial charge in [0.15, 0.2) is 0 Å². The van der Waals surface area contributed by atoms with Crippen molar-refractivity contribution in [1.29, 1.82) is 0 Å². The maximum Gasteiger partial charge on any atom is 0.125 e. The fourth-order valence-electron chi connectivity index (χ4n) is 2.70. The average molecular weight is 254 g/mol. The largest absolute Gasteiger partial charge is 0.396 e. The van der Waals surface area contributed by atoms with Gasteiger partial charge in [-0.15, -0.1) is 0 Å². The summed E-state index contributed by atoms with van der Waals surface area (Å²) in [5, 5.41) is 49.6. The smallest absolute Gasteiger partial charge is 0.125 e. The molecule has 2 rings (SSSR count). The molecule has 5 nitrogen and oxygen atoms in total. The molecule has 18 heavy (non-hydrogen) atoms. The zero-order chi connectivity index (χ0) is 13.3. The second-order valence-electron chi connectivity index (χ2n) is 4.80. The minimum atomic E-state index is -1.85. The van der Waals surface area contributed by atoms with Crippen molar-refractivity contribution in [3.8, 4) is 0 Å². The molecule has 0 aliphatic heterocycles. The van der Waals surface area contributed by atoms with Crippen molar-refractivity contribution in [1.82, 2.24) is 0 Å². The molecular formula is C13H18O5. The molecule has 1 saturated carbocycles. The number of hydrogen-bond acceptors (Lipinski definition) is 5. The summed E-state index contributed by atoms with van der Waals surface area (Å²) in [4.78, 5) is 0. The van der Waals surface area contributed by atoms with E-state index in [0.29, 0.717) is 5.56 Å². The molecule has 0 aromatic heterocycles. The Morgan fingerprint density at radius 1 is 1.06 bits per heavy atom. The SMILES string of the molecule is OCC1C(O)CC(O)C(O)C1(O)c1ccccc1. The van der Waals surface area contributed by atoms with Gasteiger partial charge in [0.05, 0.1) is 18.8 Å². The first kappa shape index (κ1) is 13.5. The molecule has 5 unspecified atom stereocenters. The van der Waals surface area contributed by atoms with E-state index in [0.717, 1.165) is 0 Å². The summed E-state index contributed by atoms with van der Waals surface area (Å²) in [6.07, 6.45) is -3.81. The molecule has 0 amide bonds. The van der Waals surface area contributed by atoms with E-state index in [1.807, 2.05) is 0 Å². The van der Waals surface area contributed by atoms with Gasteiger partial charge in [-0.1, -0.05) is 30.3 Å². The van der Waals surface area contributed by atoms with E-state index in [1.165, 1.54) is 0 Å². The first-order valence-electron chi connectivity index (χ1n) is 5.94. The lowest BCUT2D eigenvalue weighted by atomic mass is 9.67. The van der Waals surface area contributed by atoms with E-state index in [2.05, 4.69) is 0 Å². The lowest BCUT2D eigenvalue weighted by Gasteiger charge is -2.47. The maximum atomic E-state index is 10.7. The second-order valence-corrected chi connectivity index (χ2v) is 4.80. The summed E-state index contributed by atoms with van der Waals surface area (Å²) >= 11 is 0. The van der Waals surface area contributed by atoms with E-state index in [4.69, 9.17) is 0 Å². The van der Waals surface area contributed by atoms with Crippen molar-refractivity contribution in [2.24, 2.45) is 5.92 Å². The number of hydrogen-bond donors (Lipinski definition) is 5. The lowest BCUT2D eigenvalue weighted by Crippen LogP contribution is -2.61. The van der Waals surface area contributed by atoms with Gasteiger partial charge in [0.25, 0.3) is 0 Å². The molecule has 0 saturated heterocycles. The highest BCUT2D eigenvalue weighted by Crippen LogP contribution is 2.41. The van der Waals surface area contributed by atoms with Crippen LogP contribution in [0.1, 0.15) is 12.0 Å². The van der Waals surface area contributed by atoms with E-state index in [9.17, 15) is 25.5 Å². The minimum Gasteiger partial charge on any atom is -0.396 e. The summed E-state index contributed by atoms with van der Waals surface area (Å²) in [5.41, 5.74) is -1.48. The van der Waals surface area contributed by atoms with Gasteiger partial charge in [0.2, 0.25) is 0 Å². The van der Waals surface area contributed by atoms with Gasteiger partial charge >= 0.3 is 0 Å². The van der Waals surface area contributed by atoms with Crippen molar-refractivity contribution < 1.29 is 25.5 Å². The number of aliphatic hydroxyl groups excluding tert-OH is 4. The molecule has 1 aromatic rings. The van der Waals surface area contributed by atoms with Crippen molar-refractivity contribution in [2.75, 3.05) is 6.61 Å². The topological polar surface area (TPSA) is 101 Å². The first-order valence-corrected chi connectivity index (χ1v) is 5.94. The number of benzene rings is 1. The molecule has 0 heterocycles. The van der Waals surface area contributed by atoms with Crippen LogP contribution >= 0.6 is 0 Å². The van der Waals surface area contributed by atoms with Crippen LogP contribution in [0.3, 0.4) is 0 Å². The van der Waals surface area contributed by atoms with Crippen LogP contribution in [0.15, 0.2) is 30.3 Å². The van der Waals surface area contributed by atoms with E-state index in [1.54, 1.807) is 30.3 Å². The average Bonchev–Trinajstić information content (AvgIpc) is 2.38. The van der Waals surface area contributed by atoms with E-state index in [-0.39, 0.29) is 6.42 Å². The third kappa shape index (κ3) is 1.94. The third-order valence-electron chi connectivity index (χ3n) is 3.76. The Hall–Kier alpha value is -0.980. The van der Waals surface area contributed by atoms with Gasteiger partial charge < -0.3 is 25.5 Å². The van der Waals surface area contributed by atoms with Crippen LogP contribution < -0.4 is 0 Å². The molecule has 1 aliphatic carbocycles. The Labute approximate surface area is 105 Å². The Kier molecular flexibility index (Phi) is 3.70. The summed E-state index contributed by atoms with van der Waals surface area (Å²) in [7, 11) is 0. The molecular weight excluding hydrogens is 236 g/mol. The van der Waals surface area contributed by atoms with Crippen LogP contribution in [0.5, 0.6) is 0 Å². The van der Waals surface area contributed by atoms with Crippen LogP contribution in [0.2, 0.25) is 0 Å². The van der Waals surface area contributed by atoms with Crippen LogP contribution in [0.4, 0.5) is 0 Å². The monoisotopic (exact) mass is 254 g/mol. The highest BCUT2D eigenvalue weighted by molar-refractivity contribution is 5.27. The molecule has 1 fully saturated rings. The normalized spacial score (nSPS) is 40.7. The van der Waals surface area contributed by atoms with Crippen molar-refractivity contribution in [3.05, 3.63) is 35.9 Å². The van der Waals surface area contributed by atoms with Gasteiger partial charge in [0, 0.05) is 12.3 Å². The van der Waals surface area contributed by atoms with Crippen LogP contribution in [-0.2, 0) is 5.60 Å². The Morgan fingerprint density at radius 2 is 1.67 bits per heavy atom. The Bertz CT molecular complexity index is 396. The summed E-state index contributed by atoms with van der Waals surface area (Å²) in [6, 6.07) is 8.31. The first-order chi connectivity index (χ1) is 8.51. The van der Waals surface area contributed by atoms with Gasteiger partial charge in [0.1, 0.15) is 11.7 Å². The fourth-order valence-corrected chi connectivity index (χ4v) is 2.70. The van der Waals surface area contributed by atoms with E-state index < -0.39 is 36.4 Å². The maximum absolute atomic E-state index is 10.7. The highest BCUT2D eigenvalue weighted by Gasteiger charge is 2.54. The molecule has 100 valence electrons. The highest BCUT2D eigenvalue weighted by atomic mass is 16.4. The predicted octanol–water partition coefficient (Wildman–Crippen LogP) is -1.03. The summed E-state index contributed by atoms with van der Waals surface area (Å²) in [5.74, 6) is -0.932. The predicted molar refractivity (Wildman–Crippen MR) is 63.6 cm³/mol. The van der Waals surface area contributed by atoms with Gasteiger partial charge in [-0.25, -0.2) is 0 Å². The molecule has 5 atom stereocenters. The molecule has 5 heteroatoms. The fraction of sp³-hybridized carbons (Fsp3) is 0.538. The molecule has 0 radical (unpaired) electrons. The molecule has 5 N–H and O–H groups in total. The molecule has 1 aliphatic rings. The van der Waals surface area contributed by atoms with Crippen LogP contribution in [-0.4, -0.2) is 50.5 Å².